The molecule has 8 aromatic rings. The molecule has 4 heteroatoms. The van der Waals surface area contributed by atoms with E-state index in [0.29, 0.717) is 17.5 Å². The third-order valence-electron chi connectivity index (χ3n) is 10.2. The van der Waals surface area contributed by atoms with E-state index in [9.17, 15) is 0 Å². The quantitative estimate of drug-likeness (QED) is 0.165. The van der Waals surface area contributed by atoms with Crippen LogP contribution >= 0.6 is 0 Å². The molecule has 0 spiro atoms. The molecule has 1 aliphatic rings. The first kappa shape index (κ1) is 30.8. The predicted octanol–water partition coefficient (Wildman–Crippen LogP) is 10.7. The Kier molecular flexibility index (Phi) is 7.60. The molecule has 0 amide bonds. The van der Waals surface area contributed by atoms with E-state index in [-0.39, 0.29) is 0 Å². The summed E-state index contributed by atoms with van der Waals surface area (Å²) in [5, 5.41) is 3.07. The van der Waals surface area contributed by atoms with Crippen LogP contribution in [0.5, 0.6) is 0 Å². The van der Waals surface area contributed by atoms with E-state index in [1.54, 1.807) is 0 Å². The fourth-order valence-corrected chi connectivity index (χ4v) is 10.5. The molecular weight excluding hydrogens is 635 g/mol. The number of aromatic nitrogens is 3. The lowest BCUT2D eigenvalue weighted by Crippen LogP contribution is -2.49. The van der Waals surface area contributed by atoms with Gasteiger partial charge in [0, 0.05) is 16.7 Å². The SMILES string of the molecule is C[Si]1(C)c2ccccc2-c2cc(-c3cccc(-c4cccc(-c5ccc(-c6nc(-c7ccccc7)nc(-c7ccccc7)n6)cc5)c4)c3)ccc21. The third kappa shape index (κ3) is 5.70. The van der Waals surface area contributed by atoms with Crippen LogP contribution in [0.3, 0.4) is 0 Å². The van der Waals surface area contributed by atoms with Crippen LogP contribution in [0.15, 0.2) is 176 Å². The number of hydrogen-bond donors (Lipinski definition) is 0. The van der Waals surface area contributed by atoms with Gasteiger partial charge in [-0.05, 0) is 73.1 Å². The van der Waals surface area contributed by atoms with Crippen LogP contribution in [0.1, 0.15) is 0 Å². The lowest BCUT2D eigenvalue weighted by molar-refractivity contribution is 1.07. The summed E-state index contributed by atoms with van der Waals surface area (Å²) in [6, 6.07) is 62.5. The Morgan fingerprint density at radius 2 is 0.667 bits per heavy atom. The van der Waals surface area contributed by atoms with E-state index < -0.39 is 8.07 Å². The van der Waals surface area contributed by atoms with Crippen LogP contribution in [-0.4, -0.2) is 23.0 Å². The molecule has 0 unspecified atom stereocenters. The average molecular weight is 670 g/mol. The molecule has 51 heavy (non-hydrogen) atoms. The summed E-state index contributed by atoms with van der Waals surface area (Å²) >= 11 is 0. The van der Waals surface area contributed by atoms with Crippen molar-refractivity contribution >= 4 is 18.4 Å². The molecule has 242 valence electrons. The second-order valence-corrected chi connectivity index (χ2v) is 18.0. The van der Waals surface area contributed by atoms with Crippen LogP contribution in [0, 0.1) is 0 Å². The highest BCUT2D eigenvalue weighted by Crippen LogP contribution is 2.35. The van der Waals surface area contributed by atoms with Gasteiger partial charge in [-0.3, -0.25) is 0 Å². The normalized spacial score (nSPS) is 12.7. The maximum absolute atomic E-state index is 4.91. The highest BCUT2D eigenvalue weighted by Gasteiger charge is 2.37. The highest BCUT2D eigenvalue weighted by atomic mass is 28.3. The molecule has 0 bridgehead atoms. The molecule has 9 rings (SSSR count). The zero-order valence-electron chi connectivity index (χ0n) is 28.6. The van der Waals surface area contributed by atoms with Crippen LogP contribution in [0.4, 0.5) is 0 Å². The summed E-state index contributed by atoms with van der Waals surface area (Å²) in [6.07, 6.45) is 0. The topological polar surface area (TPSA) is 38.7 Å². The Labute approximate surface area is 300 Å². The Bertz CT molecular complexity index is 2480. The summed E-state index contributed by atoms with van der Waals surface area (Å²) in [6.45, 7) is 4.93. The zero-order valence-corrected chi connectivity index (χ0v) is 29.6. The van der Waals surface area contributed by atoms with Crippen molar-refractivity contribution < 1.29 is 0 Å². The lowest BCUT2D eigenvalue weighted by atomic mass is 9.94. The Morgan fingerprint density at radius 1 is 0.294 bits per heavy atom. The number of nitrogens with zero attached hydrogens (tertiary/aromatic N) is 3. The molecule has 0 fully saturated rings. The zero-order chi connectivity index (χ0) is 34.4. The summed E-state index contributed by atoms with van der Waals surface area (Å²) < 4.78 is 0. The van der Waals surface area contributed by atoms with Gasteiger partial charge in [-0.1, -0.05) is 171 Å². The predicted molar refractivity (Wildman–Crippen MR) is 215 cm³/mol. The van der Waals surface area contributed by atoms with E-state index in [1.807, 2.05) is 60.7 Å². The first-order valence-corrected chi connectivity index (χ1v) is 20.4. The minimum absolute atomic E-state index is 0.653. The van der Waals surface area contributed by atoms with Gasteiger partial charge in [-0.2, -0.15) is 0 Å². The van der Waals surface area contributed by atoms with Gasteiger partial charge >= 0.3 is 0 Å². The molecule has 1 aromatic heterocycles. The maximum atomic E-state index is 4.91. The minimum Gasteiger partial charge on any atom is -0.208 e. The van der Waals surface area contributed by atoms with Gasteiger partial charge < -0.3 is 0 Å². The Balaban J connectivity index is 1.02. The molecule has 0 radical (unpaired) electrons. The second-order valence-electron chi connectivity index (χ2n) is 13.7. The summed E-state index contributed by atoms with van der Waals surface area (Å²) in [7, 11) is -1.67. The maximum Gasteiger partial charge on any atom is 0.164 e. The van der Waals surface area contributed by atoms with Crippen molar-refractivity contribution in [2.75, 3.05) is 0 Å². The molecule has 0 N–H and O–H groups in total. The standard InChI is InChI=1S/C47H35N3Si/c1-51(2)43-22-10-9-21-41(43)42-31-40(27-28-44(42)51)39-20-12-19-38(30-39)37-18-11-17-36(29-37)32-23-25-35(26-24-32)47-49-45(33-13-5-3-6-14-33)48-46(50-47)34-15-7-4-8-16-34/h3-31H,1-2H3. The number of rotatable bonds is 6. The minimum atomic E-state index is -1.67. The van der Waals surface area contributed by atoms with Crippen LogP contribution in [-0.2, 0) is 0 Å². The molecule has 1 aliphatic heterocycles. The summed E-state index contributed by atoms with van der Waals surface area (Å²) in [5.74, 6) is 1.98. The smallest absolute Gasteiger partial charge is 0.164 e. The van der Waals surface area contributed by atoms with E-state index in [4.69, 9.17) is 15.0 Å². The van der Waals surface area contributed by atoms with Gasteiger partial charge in [0.05, 0.1) is 0 Å². The van der Waals surface area contributed by atoms with E-state index in [0.717, 1.165) is 27.8 Å². The highest BCUT2D eigenvalue weighted by molar-refractivity contribution is 7.03. The lowest BCUT2D eigenvalue weighted by Gasteiger charge is -2.18. The molecule has 7 aromatic carbocycles. The monoisotopic (exact) mass is 669 g/mol. The molecule has 0 saturated heterocycles. The third-order valence-corrected chi connectivity index (χ3v) is 13.7. The fourth-order valence-electron chi connectivity index (χ4n) is 7.41. The van der Waals surface area contributed by atoms with Crippen molar-refractivity contribution in [1.29, 1.82) is 0 Å². The van der Waals surface area contributed by atoms with Crippen LogP contribution < -0.4 is 10.4 Å². The molecule has 0 aliphatic carbocycles. The van der Waals surface area contributed by atoms with Gasteiger partial charge in [-0.15, -0.1) is 0 Å². The van der Waals surface area contributed by atoms with Crippen molar-refractivity contribution in [3.05, 3.63) is 176 Å². The van der Waals surface area contributed by atoms with Crippen LogP contribution in [0.2, 0.25) is 13.1 Å². The van der Waals surface area contributed by atoms with Crippen LogP contribution in [0.25, 0.3) is 78.7 Å². The van der Waals surface area contributed by atoms with E-state index in [1.165, 1.54) is 43.8 Å². The number of hydrogen-bond acceptors (Lipinski definition) is 3. The first-order valence-electron chi connectivity index (χ1n) is 17.4. The van der Waals surface area contributed by atoms with Gasteiger partial charge in [0.25, 0.3) is 0 Å². The average Bonchev–Trinajstić information content (AvgIpc) is 3.44. The molecule has 0 atom stereocenters. The second kappa shape index (κ2) is 12.6. The van der Waals surface area contributed by atoms with Gasteiger partial charge in [0.1, 0.15) is 8.07 Å². The molecular formula is C47H35N3Si. The summed E-state index contributed by atoms with van der Waals surface area (Å²) in [5.41, 5.74) is 12.9. The largest absolute Gasteiger partial charge is 0.208 e. The first-order chi connectivity index (χ1) is 25.0. The Morgan fingerprint density at radius 3 is 1.22 bits per heavy atom. The number of benzene rings is 7. The van der Waals surface area contributed by atoms with Gasteiger partial charge in [0.15, 0.2) is 17.5 Å². The molecule has 2 heterocycles. The van der Waals surface area contributed by atoms with Crippen molar-refractivity contribution in [3.8, 4) is 78.7 Å². The van der Waals surface area contributed by atoms with Crippen molar-refractivity contribution in [3.63, 3.8) is 0 Å². The Hall–Kier alpha value is -6.23. The number of fused-ring (bicyclic) bond motifs is 3. The van der Waals surface area contributed by atoms with Crippen molar-refractivity contribution in [2.45, 2.75) is 13.1 Å². The van der Waals surface area contributed by atoms with E-state index >= 15 is 0 Å². The fraction of sp³-hybridized carbons (Fsp3) is 0.0426. The van der Waals surface area contributed by atoms with Crippen molar-refractivity contribution in [1.82, 2.24) is 15.0 Å². The summed E-state index contributed by atoms with van der Waals surface area (Å²) in [4.78, 5) is 14.6. The molecule has 3 nitrogen and oxygen atoms in total. The van der Waals surface area contributed by atoms with E-state index in [2.05, 4.69) is 128 Å². The van der Waals surface area contributed by atoms with Crippen molar-refractivity contribution in [2.24, 2.45) is 0 Å². The van der Waals surface area contributed by atoms with Gasteiger partial charge in [0.2, 0.25) is 0 Å². The molecule has 0 saturated carbocycles. The van der Waals surface area contributed by atoms with Gasteiger partial charge in [-0.25, -0.2) is 15.0 Å².